The van der Waals surface area contributed by atoms with E-state index in [1.54, 1.807) is 10.9 Å². The van der Waals surface area contributed by atoms with Gasteiger partial charge in [0.25, 0.3) is 5.56 Å². The first-order valence-electron chi connectivity index (χ1n) is 11.6. The summed E-state index contributed by atoms with van der Waals surface area (Å²) in [5.41, 5.74) is -0.159. The third-order valence-electron chi connectivity index (χ3n) is 8.50. The molecule has 30 heavy (non-hydrogen) atoms. The van der Waals surface area contributed by atoms with E-state index in [1.165, 1.54) is 19.3 Å². The molecule has 0 radical (unpaired) electrons. The molecule has 5 saturated carbocycles. The number of aromatic nitrogens is 2. The smallest absolute Gasteiger partial charge is 0.303 e. The molecule has 6 nitrogen and oxygen atoms in total. The van der Waals surface area contributed by atoms with Crippen molar-refractivity contribution in [3.05, 3.63) is 21.6 Å². The van der Waals surface area contributed by atoms with Crippen LogP contribution in [0, 0.1) is 23.2 Å². The number of anilines is 1. The Labute approximate surface area is 182 Å². The second-order valence-corrected chi connectivity index (χ2v) is 11.2. The number of nitrogens with one attached hydrogen (secondary N) is 1. The third kappa shape index (κ3) is 3.35. The van der Waals surface area contributed by atoms with Crippen LogP contribution in [0.25, 0.3) is 0 Å². The minimum Gasteiger partial charge on any atom is -0.481 e. The highest BCUT2D eigenvalue weighted by atomic mass is 35.5. The first-order chi connectivity index (χ1) is 14.3. The Hall–Kier alpha value is -1.56. The number of hydrogen-bond donors (Lipinski definition) is 2. The predicted octanol–water partition coefficient (Wildman–Crippen LogP) is 4.66. The standard InChI is InChI=1S/C23H32ClN3O3/c1-14-4-2-3-5-17(14)26-18-12-25-27(21(30)20(18)24)23-9-15-6-16(10-23)8-22(7-15,13-23)11-19(28)29/h12,14-17,26H,2-11,13H2,1H3,(H,28,29)/t14-,15-,16+,17-,22?,23?/m1/s1. The van der Waals surface area contributed by atoms with Gasteiger partial charge in [-0.3, -0.25) is 9.59 Å². The largest absolute Gasteiger partial charge is 0.481 e. The lowest BCUT2D eigenvalue weighted by Crippen LogP contribution is -2.59. The van der Waals surface area contributed by atoms with E-state index in [0.717, 1.165) is 44.9 Å². The summed E-state index contributed by atoms with van der Waals surface area (Å²) in [6.45, 7) is 2.25. The van der Waals surface area contributed by atoms with E-state index in [9.17, 15) is 14.7 Å². The number of rotatable bonds is 5. The Morgan fingerprint density at radius 3 is 2.63 bits per heavy atom. The van der Waals surface area contributed by atoms with Crippen molar-refractivity contribution < 1.29 is 9.90 Å². The molecule has 6 rings (SSSR count). The van der Waals surface area contributed by atoms with Gasteiger partial charge in [0.15, 0.2) is 0 Å². The van der Waals surface area contributed by atoms with Crippen molar-refractivity contribution in [2.45, 2.75) is 89.1 Å². The van der Waals surface area contributed by atoms with Crippen molar-refractivity contribution in [1.29, 1.82) is 0 Å². The summed E-state index contributed by atoms with van der Waals surface area (Å²) in [4.78, 5) is 25.0. The number of nitrogens with zero attached hydrogens (tertiary/aromatic N) is 2. The van der Waals surface area contributed by atoms with Crippen LogP contribution < -0.4 is 10.9 Å². The third-order valence-corrected chi connectivity index (χ3v) is 8.86. The Bertz CT molecular complexity index is 899. The molecule has 164 valence electrons. The van der Waals surface area contributed by atoms with Crippen molar-refractivity contribution in [2.75, 3.05) is 5.32 Å². The van der Waals surface area contributed by atoms with Crippen LogP contribution in [0.1, 0.15) is 77.6 Å². The zero-order valence-corrected chi connectivity index (χ0v) is 18.5. The lowest BCUT2D eigenvalue weighted by atomic mass is 9.46. The lowest BCUT2D eigenvalue weighted by Gasteiger charge is -2.61. The molecular formula is C23H32ClN3O3. The van der Waals surface area contributed by atoms with Crippen LogP contribution in [0.4, 0.5) is 5.69 Å². The van der Waals surface area contributed by atoms with Gasteiger partial charge in [-0.15, -0.1) is 0 Å². The molecule has 0 aliphatic heterocycles. The van der Waals surface area contributed by atoms with E-state index in [0.29, 0.717) is 29.5 Å². The fourth-order valence-electron chi connectivity index (χ4n) is 7.78. The molecule has 4 bridgehead atoms. The maximum Gasteiger partial charge on any atom is 0.303 e. The summed E-state index contributed by atoms with van der Waals surface area (Å²) in [6, 6.07) is 0.326. The topological polar surface area (TPSA) is 84.2 Å². The van der Waals surface area contributed by atoms with Gasteiger partial charge in [0.05, 0.1) is 23.8 Å². The first-order valence-corrected chi connectivity index (χ1v) is 11.9. The molecular weight excluding hydrogens is 402 g/mol. The van der Waals surface area contributed by atoms with Gasteiger partial charge in [0.1, 0.15) is 5.02 Å². The highest BCUT2D eigenvalue weighted by molar-refractivity contribution is 6.32. The number of carbonyl (C=O) groups is 1. The fourth-order valence-corrected chi connectivity index (χ4v) is 7.96. The van der Waals surface area contributed by atoms with Gasteiger partial charge in [-0.05, 0) is 74.5 Å². The van der Waals surface area contributed by atoms with Crippen LogP contribution in [-0.2, 0) is 10.3 Å². The molecule has 0 amide bonds. The lowest BCUT2D eigenvalue weighted by molar-refractivity contribution is -0.151. The van der Waals surface area contributed by atoms with Crippen molar-refractivity contribution in [1.82, 2.24) is 9.78 Å². The molecule has 7 heteroatoms. The molecule has 1 heterocycles. The highest BCUT2D eigenvalue weighted by Crippen LogP contribution is 2.65. The van der Waals surface area contributed by atoms with E-state index in [4.69, 9.17) is 11.6 Å². The number of carboxylic acids is 1. The highest BCUT2D eigenvalue weighted by Gasteiger charge is 2.59. The van der Waals surface area contributed by atoms with Gasteiger partial charge in [-0.25, -0.2) is 4.68 Å². The van der Waals surface area contributed by atoms with Crippen LogP contribution in [0.15, 0.2) is 11.0 Å². The van der Waals surface area contributed by atoms with Gasteiger partial charge >= 0.3 is 5.97 Å². The summed E-state index contributed by atoms with van der Waals surface area (Å²) in [6.07, 6.45) is 12.3. The van der Waals surface area contributed by atoms with E-state index in [2.05, 4.69) is 17.3 Å². The Morgan fingerprint density at radius 1 is 1.27 bits per heavy atom. The maximum atomic E-state index is 13.4. The van der Waals surface area contributed by atoms with Crippen LogP contribution in [0.5, 0.6) is 0 Å². The van der Waals surface area contributed by atoms with Crippen molar-refractivity contribution in [3.63, 3.8) is 0 Å². The van der Waals surface area contributed by atoms with Gasteiger partial charge in [0, 0.05) is 6.04 Å². The fraction of sp³-hybridized carbons (Fsp3) is 0.783. The van der Waals surface area contributed by atoms with Crippen molar-refractivity contribution in [2.24, 2.45) is 23.2 Å². The van der Waals surface area contributed by atoms with Gasteiger partial charge in [-0.2, -0.15) is 5.10 Å². The monoisotopic (exact) mass is 433 g/mol. The molecule has 5 aliphatic carbocycles. The van der Waals surface area contributed by atoms with Crippen LogP contribution in [0.3, 0.4) is 0 Å². The average Bonchev–Trinajstić information content (AvgIpc) is 2.65. The zero-order valence-electron chi connectivity index (χ0n) is 17.7. The minimum atomic E-state index is -0.730. The first kappa shape index (κ1) is 20.3. The predicted molar refractivity (Wildman–Crippen MR) is 116 cm³/mol. The van der Waals surface area contributed by atoms with E-state index < -0.39 is 5.97 Å². The quantitative estimate of drug-likeness (QED) is 0.705. The number of aliphatic carboxylic acids is 1. The second kappa shape index (κ2) is 7.25. The average molecular weight is 434 g/mol. The summed E-state index contributed by atoms with van der Waals surface area (Å²) in [5.74, 6) is 0.792. The molecule has 0 saturated heterocycles. The van der Waals surface area contributed by atoms with E-state index >= 15 is 0 Å². The molecule has 0 spiro atoms. The summed E-state index contributed by atoms with van der Waals surface area (Å²) in [7, 11) is 0. The molecule has 1 aromatic heterocycles. The SMILES string of the molecule is C[C@@H]1CCCC[C@H]1Nc1cnn(C23C[C@@H]4C[C@@H](CC(CC(=O)O)(C4)C2)C3)c(=O)c1Cl. The number of carboxylic acid groups (broad SMARTS) is 1. The molecule has 2 unspecified atom stereocenters. The number of halogens is 1. The summed E-state index contributed by atoms with van der Waals surface area (Å²) >= 11 is 6.59. The maximum absolute atomic E-state index is 13.4. The summed E-state index contributed by atoms with van der Waals surface area (Å²) < 4.78 is 1.64. The van der Waals surface area contributed by atoms with Crippen LogP contribution >= 0.6 is 11.6 Å². The van der Waals surface area contributed by atoms with Gasteiger partial charge in [0.2, 0.25) is 0 Å². The number of hydrogen-bond acceptors (Lipinski definition) is 4. The molecule has 0 aromatic carbocycles. The zero-order chi connectivity index (χ0) is 21.1. The molecule has 1 aromatic rings. The van der Waals surface area contributed by atoms with Crippen molar-refractivity contribution in [3.8, 4) is 0 Å². The Morgan fingerprint density at radius 2 is 1.97 bits per heavy atom. The molecule has 6 atom stereocenters. The Balaban J connectivity index is 1.46. The van der Waals surface area contributed by atoms with Crippen LogP contribution in [-0.4, -0.2) is 26.9 Å². The van der Waals surface area contributed by atoms with Gasteiger partial charge < -0.3 is 10.4 Å². The van der Waals surface area contributed by atoms with E-state index in [1.807, 2.05) is 0 Å². The van der Waals surface area contributed by atoms with Crippen LogP contribution in [0.2, 0.25) is 5.02 Å². The normalized spacial score (nSPS) is 39.8. The van der Waals surface area contributed by atoms with E-state index in [-0.39, 0.29) is 28.0 Å². The second-order valence-electron chi connectivity index (χ2n) is 10.9. The minimum absolute atomic E-state index is 0.196. The Kier molecular flexibility index (Phi) is 4.92. The molecule has 5 fully saturated rings. The molecule has 5 aliphatic rings. The van der Waals surface area contributed by atoms with Crippen molar-refractivity contribution >= 4 is 23.3 Å². The molecule has 2 N–H and O–H groups in total. The summed E-state index contributed by atoms with van der Waals surface area (Å²) in [5, 5.41) is 17.9. The van der Waals surface area contributed by atoms with Gasteiger partial charge in [-0.1, -0.05) is 31.4 Å².